The van der Waals surface area contributed by atoms with Crippen LogP contribution in [0.3, 0.4) is 0 Å². The number of nitro benzene ring substituents is 1. The third kappa shape index (κ3) is 2.23. The van der Waals surface area contributed by atoms with Crippen LogP contribution in [-0.4, -0.2) is 10.9 Å². The molecule has 124 valence electrons. The molecular formula is C20H10N2O4. The quantitative estimate of drug-likeness (QED) is 0.299. The zero-order chi connectivity index (χ0) is 18.3. The molecule has 0 spiro atoms. The van der Waals surface area contributed by atoms with Crippen molar-refractivity contribution >= 4 is 33.8 Å². The van der Waals surface area contributed by atoms with Crippen LogP contribution in [0.5, 0.6) is 0 Å². The van der Waals surface area contributed by atoms with Gasteiger partial charge in [-0.15, -0.1) is 0 Å². The summed E-state index contributed by atoms with van der Waals surface area (Å²) in [5, 5.41) is 22.9. The number of nitro groups is 1. The normalized spacial score (nSPS) is 14.5. The number of nitriles is 1. The maximum atomic E-state index is 12.2. The predicted molar refractivity (Wildman–Crippen MR) is 94.9 cm³/mol. The van der Waals surface area contributed by atoms with Crippen molar-refractivity contribution in [3.05, 3.63) is 87.5 Å². The summed E-state index contributed by atoms with van der Waals surface area (Å²) in [4.78, 5) is 23.0. The van der Waals surface area contributed by atoms with Crippen LogP contribution < -0.4 is 0 Å². The smallest absolute Gasteiger partial charge is 0.344 e. The SMILES string of the molecule is N#C/C(=C1/OC(=O)c2cccc([N+](=O)[O-])c21)c1cccc2ccccc12. The lowest BCUT2D eigenvalue weighted by atomic mass is 9.95. The van der Waals surface area contributed by atoms with Gasteiger partial charge in [-0.3, -0.25) is 10.1 Å². The molecule has 1 aliphatic rings. The number of hydrogen-bond acceptors (Lipinski definition) is 5. The molecule has 0 N–H and O–H groups in total. The minimum absolute atomic E-state index is 0.0481. The number of cyclic esters (lactones) is 1. The largest absolute Gasteiger partial charge is 0.421 e. The van der Waals surface area contributed by atoms with Crippen molar-refractivity contribution in [1.29, 1.82) is 5.26 Å². The van der Waals surface area contributed by atoms with Crippen molar-refractivity contribution in [2.45, 2.75) is 0 Å². The average molecular weight is 342 g/mol. The Balaban J connectivity index is 2.08. The van der Waals surface area contributed by atoms with E-state index in [2.05, 4.69) is 6.07 Å². The molecule has 0 fully saturated rings. The molecule has 1 aliphatic heterocycles. The molecule has 3 aromatic rings. The summed E-state index contributed by atoms with van der Waals surface area (Å²) in [5.74, 6) is -0.775. The molecule has 0 saturated carbocycles. The van der Waals surface area contributed by atoms with Gasteiger partial charge in [-0.2, -0.15) is 5.26 Å². The summed E-state index contributed by atoms with van der Waals surface area (Å²) in [6.45, 7) is 0. The second kappa shape index (κ2) is 5.83. The second-order valence-corrected chi connectivity index (χ2v) is 5.69. The lowest BCUT2D eigenvalue weighted by Gasteiger charge is -2.08. The van der Waals surface area contributed by atoms with Gasteiger partial charge in [0, 0.05) is 11.6 Å². The van der Waals surface area contributed by atoms with Crippen LogP contribution in [0.15, 0.2) is 60.7 Å². The first-order valence-corrected chi connectivity index (χ1v) is 7.74. The number of rotatable bonds is 2. The van der Waals surface area contributed by atoms with Crippen LogP contribution in [0.4, 0.5) is 5.69 Å². The highest BCUT2D eigenvalue weighted by atomic mass is 16.6. The Labute approximate surface area is 147 Å². The van der Waals surface area contributed by atoms with Crippen LogP contribution in [0, 0.1) is 21.4 Å². The number of carbonyl (C=O) groups is 1. The fourth-order valence-electron chi connectivity index (χ4n) is 3.15. The van der Waals surface area contributed by atoms with Crippen LogP contribution >= 0.6 is 0 Å². The summed E-state index contributed by atoms with van der Waals surface area (Å²) in [6, 6.07) is 19.1. The van der Waals surface area contributed by atoms with Gasteiger partial charge in [-0.25, -0.2) is 4.79 Å². The summed E-state index contributed by atoms with van der Waals surface area (Å²) in [5.41, 5.74) is 0.508. The molecule has 0 amide bonds. The fourth-order valence-corrected chi connectivity index (χ4v) is 3.15. The molecular weight excluding hydrogens is 332 g/mol. The number of fused-ring (bicyclic) bond motifs is 2. The van der Waals surface area contributed by atoms with E-state index in [-0.39, 0.29) is 28.1 Å². The van der Waals surface area contributed by atoms with E-state index in [1.807, 2.05) is 30.3 Å². The number of allylic oxidation sites excluding steroid dienone is 1. The van der Waals surface area contributed by atoms with Gasteiger partial charge in [0.1, 0.15) is 17.2 Å². The van der Waals surface area contributed by atoms with Gasteiger partial charge in [-0.05, 0) is 16.8 Å². The summed E-state index contributed by atoms with van der Waals surface area (Å²) < 4.78 is 5.29. The third-order valence-electron chi connectivity index (χ3n) is 4.28. The van der Waals surface area contributed by atoms with E-state index in [9.17, 15) is 20.2 Å². The van der Waals surface area contributed by atoms with Crippen LogP contribution in [0.25, 0.3) is 22.1 Å². The number of hydrogen-bond donors (Lipinski definition) is 0. The maximum Gasteiger partial charge on any atom is 0.344 e. The van der Waals surface area contributed by atoms with Crippen molar-refractivity contribution in [3.63, 3.8) is 0 Å². The minimum Gasteiger partial charge on any atom is -0.421 e. The van der Waals surface area contributed by atoms with E-state index >= 15 is 0 Å². The Morgan fingerprint density at radius 1 is 1.04 bits per heavy atom. The first-order valence-electron chi connectivity index (χ1n) is 7.74. The van der Waals surface area contributed by atoms with E-state index in [0.29, 0.717) is 5.56 Å². The molecule has 6 heteroatoms. The minimum atomic E-state index is -0.702. The predicted octanol–water partition coefficient (Wildman–Crippen LogP) is 4.31. The van der Waals surface area contributed by atoms with E-state index in [1.54, 1.807) is 12.1 Å². The molecule has 0 radical (unpaired) electrons. The highest BCUT2D eigenvalue weighted by Crippen LogP contribution is 2.41. The van der Waals surface area contributed by atoms with Gasteiger partial charge in [0.25, 0.3) is 5.69 Å². The molecule has 3 aromatic carbocycles. The van der Waals surface area contributed by atoms with Gasteiger partial charge in [0.05, 0.1) is 10.5 Å². The van der Waals surface area contributed by atoms with Crippen molar-refractivity contribution < 1.29 is 14.5 Å². The van der Waals surface area contributed by atoms with E-state index in [1.165, 1.54) is 18.2 Å². The Morgan fingerprint density at radius 2 is 1.77 bits per heavy atom. The van der Waals surface area contributed by atoms with Crippen LogP contribution in [0.2, 0.25) is 0 Å². The van der Waals surface area contributed by atoms with Gasteiger partial charge in [0.15, 0.2) is 5.76 Å². The summed E-state index contributed by atoms with van der Waals surface area (Å²) >= 11 is 0. The molecule has 0 aliphatic carbocycles. The van der Waals surface area contributed by atoms with Crippen LogP contribution in [0.1, 0.15) is 21.5 Å². The van der Waals surface area contributed by atoms with Crippen molar-refractivity contribution in [2.75, 3.05) is 0 Å². The molecule has 4 rings (SSSR count). The van der Waals surface area contributed by atoms with Crippen LogP contribution in [-0.2, 0) is 4.74 Å². The number of esters is 1. The average Bonchev–Trinajstić information content (AvgIpc) is 2.99. The molecule has 1 heterocycles. The van der Waals surface area contributed by atoms with E-state index in [0.717, 1.165) is 10.8 Å². The highest BCUT2D eigenvalue weighted by Gasteiger charge is 2.36. The first-order chi connectivity index (χ1) is 12.6. The lowest BCUT2D eigenvalue weighted by molar-refractivity contribution is -0.385. The van der Waals surface area contributed by atoms with Crippen molar-refractivity contribution in [3.8, 4) is 6.07 Å². The number of carbonyl (C=O) groups excluding carboxylic acids is 1. The zero-order valence-electron chi connectivity index (χ0n) is 13.3. The Kier molecular flexibility index (Phi) is 3.48. The van der Waals surface area contributed by atoms with E-state index in [4.69, 9.17) is 4.74 Å². The molecule has 6 nitrogen and oxygen atoms in total. The molecule has 0 atom stereocenters. The van der Waals surface area contributed by atoms with Gasteiger partial charge in [-0.1, -0.05) is 48.5 Å². The third-order valence-corrected chi connectivity index (χ3v) is 4.28. The lowest BCUT2D eigenvalue weighted by Crippen LogP contribution is -1.96. The topological polar surface area (TPSA) is 93.2 Å². The molecule has 0 bridgehead atoms. The number of nitrogens with zero attached hydrogens (tertiary/aromatic N) is 2. The maximum absolute atomic E-state index is 12.2. The Morgan fingerprint density at radius 3 is 2.54 bits per heavy atom. The summed E-state index contributed by atoms with van der Waals surface area (Å²) in [7, 11) is 0. The highest BCUT2D eigenvalue weighted by molar-refractivity contribution is 6.14. The van der Waals surface area contributed by atoms with Crippen molar-refractivity contribution in [2.24, 2.45) is 0 Å². The summed E-state index contributed by atoms with van der Waals surface area (Å²) in [6.07, 6.45) is 0. The number of benzene rings is 3. The number of ether oxygens (including phenoxy) is 1. The Bertz CT molecular complexity index is 1170. The van der Waals surface area contributed by atoms with E-state index < -0.39 is 10.9 Å². The standard InChI is InChI=1S/C20H10N2O4/c21-11-16(14-8-3-6-12-5-1-2-7-13(12)14)19-18-15(20(23)26-19)9-4-10-17(18)22(24)25/h1-10H/b19-16-. The fraction of sp³-hybridized carbons (Fsp3) is 0. The van der Waals surface area contributed by atoms with Gasteiger partial charge < -0.3 is 4.74 Å². The molecule has 0 saturated heterocycles. The molecule has 0 unspecified atom stereocenters. The zero-order valence-corrected chi connectivity index (χ0v) is 13.3. The van der Waals surface area contributed by atoms with Crippen molar-refractivity contribution in [1.82, 2.24) is 0 Å². The van der Waals surface area contributed by atoms with Gasteiger partial charge >= 0.3 is 5.97 Å². The monoisotopic (exact) mass is 342 g/mol. The molecule has 26 heavy (non-hydrogen) atoms. The second-order valence-electron chi connectivity index (χ2n) is 5.69. The Hall–Kier alpha value is -3.98. The first kappa shape index (κ1) is 15.5. The molecule has 0 aromatic heterocycles. The van der Waals surface area contributed by atoms with Gasteiger partial charge in [0.2, 0.25) is 0 Å².